The van der Waals surface area contributed by atoms with E-state index in [4.69, 9.17) is 9.47 Å². The SMILES string of the molecule is O=S(=O)(c1ccccc1)C12[C@@H]3C=C[C@@]4(CCC[C@]5(C=C[C@H]1O5)C24CO)O3. The highest BCUT2D eigenvalue weighted by Gasteiger charge is 2.91. The van der Waals surface area contributed by atoms with Crippen LogP contribution in [-0.2, 0) is 19.3 Å². The minimum atomic E-state index is -3.83. The van der Waals surface area contributed by atoms with E-state index < -0.39 is 43.4 Å². The van der Waals surface area contributed by atoms with Gasteiger partial charge in [-0.1, -0.05) is 42.5 Å². The molecule has 1 N–H and O–H groups in total. The molecule has 136 valence electrons. The molecular weight excluding hydrogens is 352 g/mol. The van der Waals surface area contributed by atoms with Gasteiger partial charge < -0.3 is 14.6 Å². The highest BCUT2D eigenvalue weighted by atomic mass is 32.2. The van der Waals surface area contributed by atoms with Gasteiger partial charge in [-0.25, -0.2) is 8.42 Å². The lowest BCUT2D eigenvalue weighted by molar-refractivity contribution is -0.160. The number of ether oxygens (including phenoxy) is 2. The Balaban J connectivity index is 1.73. The van der Waals surface area contributed by atoms with Gasteiger partial charge in [0.05, 0.1) is 28.1 Å². The standard InChI is InChI=1S/C20H20O5S/c21-13-19-17-9-4-10-18(19)12-8-16(25-18)20(19,15(24-17)7-11-17)26(22,23)14-5-2-1-3-6-14/h1-3,5-8,11-12,15-16,21H,4,9-10,13H2/t15-,16+,17+,18-,19?,20?. The molecule has 0 radical (unpaired) electrons. The van der Waals surface area contributed by atoms with Crippen molar-refractivity contribution in [2.75, 3.05) is 6.61 Å². The zero-order valence-electron chi connectivity index (χ0n) is 14.2. The van der Waals surface area contributed by atoms with Crippen molar-refractivity contribution in [2.24, 2.45) is 5.41 Å². The van der Waals surface area contributed by atoms with E-state index in [1.807, 2.05) is 24.3 Å². The Morgan fingerprint density at radius 2 is 1.58 bits per heavy atom. The zero-order valence-corrected chi connectivity index (χ0v) is 15.0. The molecule has 4 heterocycles. The van der Waals surface area contributed by atoms with E-state index in [1.165, 1.54) is 0 Å². The fourth-order valence-electron chi connectivity index (χ4n) is 6.76. The van der Waals surface area contributed by atoms with Crippen LogP contribution in [0, 0.1) is 5.41 Å². The molecule has 4 bridgehead atoms. The Labute approximate surface area is 152 Å². The third kappa shape index (κ3) is 1.19. The topological polar surface area (TPSA) is 72.8 Å². The summed E-state index contributed by atoms with van der Waals surface area (Å²) in [7, 11) is -3.83. The molecule has 5 aliphatic rings. The maximum Gasteiger partial charge on any atom is 0.190 e. The number of aliphatic hydroxyl groups is 1. The smallest absolute Gasteiger partial charge is 0.190 e. The minimum absolute atomic E-state index is 0.262. The number of hydrogen-bond acceptors (Lipinski definition) is 5. The summed E-state index contributed by atoms with van der Waals surface area (Å²) in [6, 6.07) is 8.52. The van der Waals surface area contributed by atoms with Gasteiger partial charge in [-0.2, -0.15) is 0 Å². The van der Waals surface area contributed by atoms with Crippen LogP contribution < -0.4 is 0 Å². The predicted octanol–water partition coefficient (Wildman–Crippen LogP) is 1.78. The van der Waals surface area contributed by atoms with E-state index in [0.717, 1.165) is 6.42 Å². The Hall–Kier alpha value is -1.47. The maximum absolute atomic E-state index is 14.1. The van der Waals surface area contributed by atoms with E-state index in [2.05, 4.69) is 0 Å². The second kappa shape index (κ2) is 4.33. The van der Waals surface area contributed by atoms with Gasteiger partial charge in [0.2, 0.25) is 0 Å². The van der Waals surface area contributed by atoms with Gasteiger partial charge in [-0.15, -0.1) is 0 Å². The van der Waals surface area contributed by atoms with Crippen LogP contribution in [0.1, 0.15) is 19.3 Å². The molecule has 4 aliphatic heterocycles. The lowest BCUT2D eigenvalue weighted by Crippen LogP contribution is -2.72. The molecule has 3 fully saturated rings. The quantitative estimate of drug-likeness (QED) is 0.819. The molecule has 1 saturated carbocycles. The van der Waals surface area contributed by atoms with Crippen LogP contribution >= 0.6 is 0 Å². The first-order chi connectivity index (χ1) is 12.5. The molecule has 6 rings (SSSR count). The molecule has 1 aromatic carbocycles. The molecule has 1 aromatic rings. The van der Waals surface area contributed by atoms with E-state index >= 15 is 0 Å². The summed E-state index contributed by atoms with van der Waals surface area (Å²) in [6.07, 6.45) is 8.80. The second-order valence-electron chi connectivity index (χ2n) is 8.10. The van der Waals surface area contributed by atoms with Crippen molar-refractivity contribution in [1.29, 1.82) is 0 Å². The van der Waals surface area contributed by atoms with Crippen LogP contribution in [-0.4, -0.2) is 48.3 Å². The molecule has 6 atom stereocenters. The zero-order chi connectivity index (χ0) is 17.8. The first kappa shape index (κ1) is 15.6. The summed E-state index contributed by atoms with van der Waals surface area (Å²) >= 11 is 0. The normalized spacial score (nSPS) is 49.7. The van der Waals surface area contributed by atoms with Crippen molar-refractivity contribution in [1.82, 2.24) is 0 Å². The van der Waals surface area contributed by atoms with E-state index in [1.54, 1.807) is 30.3 Å². The molecule has 0 amide bonds. The highest BCUT2D eigenvalue weighted by Crippen LogP contribution is 2.77. The van der Waals surface area contributed by atoms with Crippen molar-refractivity contribution < 1.29 is 23.0 Å². The Morgan fingerprint density at radius 1 is 1.00 bits per heavy atom. The van der Waals surface area contributed by atoms with Crippen LogP contribution in [0.5, 0.6) is 0 Å². The average Bonchev–Trinajstić information content (AvgIpc) is 3.38. The Bertz CT molecular complexity index is 929. The minimum Gasteiger partial charge on any atom is -0.395 e. The van der Waals surface area contributed by atoms with E-state index in [-0.39, 0.29) is 11.5 Å². The van der Waals surface area contributed by atoms with Gasteiger partial charge in [0.1, 0.15) is 17.0 Å². The largest absolute Gasteiger partial charge is 0.395 e. The second-order valence-corrected chi connectivity index (χ2v) is 10.3. The third-order valence-electron chi connectivity index (χ3n) is 7.54. The third-order valence-corrected chi connectivity index (χ3v) is 10.1. The van der Waals surface area contributed by atoms with Crippen molar-refractivity contribution in [3.8, 4) is 0 Å². The molecule has 2 saturated heterocycles. The van der Waals surface area contributed by atoms with Crippen LogP contribution in [0.2, 0.25) is 0 Å². The molecule has 6 heteroatoms. The van der Waals surface area contributed by atoms with Gasteiger partial charge in [0.15, 0.2) is 9.84 Å². The average molecular weight is 372 g/mol. The summed E-state index contributed by atoms with van der Waals surface area (Å²) in [5.41, 5.74) is -2.59. The molecule has 26 heavy (non-hydrogen) atoms. The number of benzene rings is 1. The number of rotatable bonds is 3. The van der Waals surface area contributed by atoms with Crippen LogP contribution in [0.15, 0.2) is 59.5 Å². The van der Waals surface area contributed by atoms with Crippen LogP contribution in [0.4, 0.5) is 0 Å². The summed E-state index contributed by atoms with van der Waals surface area (Å²) < 4.78 is 39.6. The predicted molar refractivity (Wildman–Crippen MR) is 93.2 cm³/mol. The fraction of sp³-hybridized carbons (Fsp3) is 0.500. The van der Waals surface area contributed by atoms with Crippen LogP contribution in [0.25, 0.3) is 0 Å². The number of hydrogen-bond donors (Lipinski definition) is 1. The summed E-state index contributed by atoms with van der Waals surface area (Å²) in [5.74, 6) is 0. The Morgan fingerprint density at radius 3 is 2.12 bits per heavy atom. The number of aliphatic hydroxyl groups excluding tert-OH is 1. The van der Waals surface area contributed by atoms with E-state index in [9.17, 15) is 13.5 Å². The monoisotopic (exact) mass is 372 g/mol. The van der Waals surface area contributed by atoms with Crippen molar-refractivity contribution in [2.45, 2.75) is 52.3 Å². The summed E-state index contributed by atoms with van der Waals surface area (Å²) in [4.78, 5) is 0.262. The van der Waals surface area contributed by atoms with Gasteiger partial charge in [-0.05, 0) is 31.4 Å². The van der Waals surface area contributed by atoms with Gasteiger partial charge in [0, 0.05) is 0 Å². The van der Waals surface area contributed by atoms with E-state index in [0.29, 0.717) is 12.8 Å². The fourth-order valence-corrected chi connectivity index (χ4v) is 9.40. The lowest BCUT2D eigenvalue weighted by Gasteiger charge is -2.57. The summed E-state index contributed by atoms with van der Waals surface area (Å²) in [6.45, 7) is -0.277. The highest BCUT2D eigenvalue weighted by molar-refractivity contribution is 7.93. The first-order valence-corrected chi connectivity index (χ1v) is 10.6. The molecule has 0 aromatic heterocycles. The number of sulfone groups is 1. The van der Waals surface area contributed by atoms with Gasteiger partial charge >= 0.3 is 0 Å². The molecular formula is C20H20O5S. The maximum atomic E-state index is 14.1. The summed E-state index contributed by atoms with van der Waals surface area (Å²) in [5, 5.41) is 10.7. The Kier molecular flexibility index (Phi) is 2.59. The van der Waals surface area contributed by atoms with Crippen molar-refractivity contribution in [3.63, 3.8) is 0 Å². The molecule has 2 unspecified atom stereocenters. The van der Waals surface area contributed by atoms with Crippen molar-refractivity contribution >= 4 is 9.84 Å². The van der Waals surface area contributed by atoms with Gasteiger partial charge in [0.25, 0.3) is 0 Å². The lowest BCUT2D eigenvalue weighted by atomic mass is 9.48. The van der Waals surface area contributed by atoms with Gasteiger partial charge in [-0.3, -0.25) is 0 Å². The van der Waals surface area contributed by atoms with Crippen molar-refractivity contribution in [3.05, 3.63) is 54.6 Å². The first-order valence-electron chi connectivity index (χ1n) is 9.15. The van der Waals surface area contributed by atoms with Crippen LogP contribution in [0.3, 0.4) is 0 Å². The molecule has 5 nitrogen and oxygen atoms in total. The molecule has 1 aliphatic carbocycles. The number of fused-ring (bicyclic) bond motifs is 4. The molecule has 2 spiro atoms.